The van der Waals surface area contributed by atoms with Crippen molar-refractivity contribution in [2.24, 2.45) is 0 Å². The standard InChI is InChI=1S/C26H28F3N3O3S2/c1-25(2)15-22(19-5-3-17(26(27,28)29)13-21(19)16-7-9-30-10-8-16)20-6-4-18(14-23(20)35-25)37(33,34)32-24-31-11-12-36-24/h3-6,11-14,16,22,30H,7-10,15H2,1-2H3,(H,31,32). The summed E-state index contributed by atoms with van der Waals surface area (Å²) >= 11 is 1.17. The summed E-state index contributed by atoms with van der Waals surface area (Å²) in [7, 11) is -3.90. The van der Waals surface area contributed by atoms with E-state index < -0.39 is 27.4 Å². The molecule has 2 aliphatic heterocycles. The van der Waals surface area contributed by atoms with E-state index in [1.54, 1.807) is 17.5 Å². The highest BCUT2D eigenvalue weighted by atomic mass is 32.2. The van der Waals surface area contributed by atoms with Crippen molar-refractivity contribution in [1.82, 2.24) is 10.3 Å². The van der Waals surface area contributed by atoms with Gasteiger partial charge in [-0.05, 0) is 81.4 Å². The van der Waals surface area contributed by atoms with Crippen LogP contribution in [0, 0.1) is 0 Å². The van der Waals surface area contributed by atoms with Gasteiger partial charge < -0.3 is 10.1 Å². The van der Waals surface area contributed by atoms with Crippen molar-refractivity contribution in [3.63, 3.8) is 0 Å². The maximum Gasteiger partial charge on any atom is 0.416 e. The molecule has 2 aliphatic rings. The number of thiazole rings is 1. The molecule has 3 heterocycles. The summed E-state index contributed by atoms with van der Waals surface area (Å²) in [5, 5.41) is 5.21. The Balaban J connectivity index is 1.58. The molecule has 1 aromatic heterocycles. The molecule has 0 spiro atoms. The van der Waals surface area contributed by atoms with Gasteiger partial charge in [0.25, 0.3) is 10.0 Å². The Labute approximate surface area is 218 Å². The zero-order chi connectivity index (χ0) is 26.4. The number of hydrogen-bond acceptors (Lipinski definition) is 6. The fraction of sp³-hybridized carbons (Fsp3) is 0.423. The molecule has 6 nitrogen and oxygen atoms in total. The normalized spacial score (nSPS) is 20.2. The quantitative estimate of drug-likeness (QED) is 0.399. The van der Waals surface area contributed by atoms with Crippen LogP contribution < -0.4 is 14.8 Å². The van der Waals surface area contributed by atoms with E-state index in [0.29, 0.717) is 17.7 Å². The van der Waals surface area contributed by atoms with Crippen molar-refractivity contribution in [3.05, 3.63) is 70.2 Å². The number of rotatable bonds is 5. The molecule has 11 heteroatoms. The number of aromatic nitrogens is 1. The highest BCUT2D eigenvalue weighted by Crippen LogP contribution is 2.48. The molecule has 198 valence electrons. The fourth-order valence-corrected chi connectivity index (χ4v) is 7.08. The van der Waals surface area contributed by atoms with Crippen LogP contribution in [0.3, 0.4) is 0 Å². The fourth-order valence-electron chi connectivity index (χ4n) is 5.28. The van der Waals surface area contributed by atoms with Crippen LogP contribution in [-0.2, 0) is 16.2 Å². The van der Waals surface area contributed by atoms with Crippen LogP contribution in [0.5, 0.6) is 5.75 Å². The first-order chi connectivity index (χ1) is 17.4. The van der Waals surface area contributed by atoms with Crippen molar-refractivity contribution >= 4 is 26.5 Å². The molecule has 0 radical (unpaired) electrons. The Morgan fingerprint density at radius 1 is 1.08 bits per heavy atom. The lowest BCUT2D eigenvalue weighted by Crippen LogP contribution is -2.36. The second kappa shape index (κ2) is 9.59. The molecule has 1 unspecified atom stereocenters. The third kappa shape index (κ3) is 5.49. The Hall–Kier alpha value is -2.63. The Bertz CT molecular complexity index is 1380. The number of nitrogens with one attached hydrogen (secondary N) is 2. The van der Waals surface area contributed by atoms with Gasteiger partial charge in [0.1, 0.15) is 11.4 Å². The van der Waals surface area contributed by atoms with Gasteiger partial charge in [-0.15, -0.1) is 11.3 Å². The second-order valence-corrected chi connectivity index (χ2v) is 12.7. The molecule has 0 saturated carbocycles. The number of benzene rings is 2. The highest BCUT2D eigenvalue weighted by Gasteiger charge is 2.39. The van der Waals surface area contributed by atoms with E-state index in [9.17, 15) is 21.6 Å². The van der Waals surface area contributed by atoms with Crippen LogP contribution in [0.2, 0.25) is 0 Å². The number of hydrogen-bond donors (Lipinski definition) is 2. The monoisotopic (exact) mass is 551 g/mol. The van der Waals surface area contributed by atoms with Crippen LogP contribution in [0.25, 0.3) is 0 Å². The number of piperidine rings is 1. The van der Waals surface area contributed by atoms with Gasteiger partial charge in [0.05, 0.1) is 10.5 Å². The first kappa shape index (κ1) is 26.0. The van der Waals surface area contributed by atoms with Gasteiger partial charge in [0, 0.05) is 29.1 Å². The smallest absolute Gasteiger partial charge is 0.416 e. The van der Waals surface area contributed by atoms with E-state index in [-0.39, 0.29) is 21.9 Å². The van der Waals surface area contributed by atoms with Gasteiger partial charge in [-0.2, -0.15) is 13.2 Å². The summed E-state index contributed by atoms with van der Waals surface area (Å²) in [4.78, 5) is 4.01. The largest absolute Gasteiger partial charge is 0.487 e. The third-order valence-electron chi connectivity index (χ3n) is 6.98. The third-order valence-corrected chi connectivity index (χ3v) is 9.13. The minimum absolute atomic E-state index is 0.00936. The SMILES string of the molecule is CC1(C)CC(c2ccc(C(F)(F)F)cc2C2CCNCC2)c2ccc(S(=O)(=O)Nc3nccs3)cc2O1. The zero-order valence-electron chi connectivity index (χ0n) is 20.4. The summed E-state index contributed by atoms with van der Waals surface area (Å²) < 4.78 is 75.6. The molecule has 2 aromatic carbocycles. The van der Waals surface area contributed by atoms with Crippen LogP contribution in [0.15, 0.2) is 52.9 Å². The number of halogens is 3. The maximum atomic E-state index is 13.7. The van der Waals surface area contributed by atoms with Crippen LogP contribution >= 0.6 is 11.3 Å². The number of anilines is 1. The summed E-state index contributed by atoms with van der Waals surface area (Å²) in [6, 6.07) is 8.79. The van der Waals surface area contributed by atoms with E-state index in [0.717, 1.165) is 43.1 Å². The number of alkyl halides is 3. The maximum absolute atomic E-state index is 13.7. The molecule has 2 N–H and O–H groups in total. The molecule has 0 aliphatic carbocycles. The summed E-state index contributed by atoms with van der Waals surface area (Å²) in [6.45, 7) is 5.32. The zero-order valence-corrected chi connectivity index (χ0v) is 22.1. The van der Waals surface area contributed by atoms with Crippen LogP contribution in [-0.4, -0.2) is 32.1 Å². The predicted molar refractivity (Wildman–Crippen MR) is 137 cm³/mol. The summed E-state index contributed by atoms with van der Waals surface area (Å²) in [5.74, 6) is 0.184. The lowest BCUT2D eigenvalue weighted by Gasteiger charge is -2.39. The van der Waals surface area contributed by atoms with Gasteiger partial charge in [-0.1, -0.05) is 12.1 Å². The average Bonchev–Trinajstić information content (AvgIpc) is 3.34. The topological polar surface area (TPSA) is 80.3 Å². The first-order valence-corrected chi connectivity index (χ1v) is 14.5. The lowest BCUT2D eigenvalue weighted by atomic mass is 9.75. The molecule has 0 bridgehead atoms. The molecular formula is C26H28F3N3O3S2. The van der Waals surface area contributed by atoms with Gasteiger partial charge in [0.2, 0.25) is 0 Å². The number of fused-ring (bicyclic) bond motifs is 1. The van der Waals surface area contributed by atoms with Crippen molar-refractivity contribution in [1.29, 1.82) is 0 Å². The number of nitrogens with zero attached hydrogens (tertiary/aromatic N) is 1. The van der Waals surface area contributed by atoms with Crippen LogP contribution in [0.1, 0.15) is 67.2 Å². The number of ether oxygens (including phenoxy) is 1. The molecule has 1 fully saturated rings. The molecular weight excluding hydrogens is 523 g/mol. The molecule has 37 heavy (non-hydrogen) atoms. The van der Waals surface area contributed by atoms with E-state index in [4.69, 9.17) is 4.74 Å². The second-order valence-electron chi connectivity index (χ2n) is 10.1. The lowest BCUT2D eigenvalue weighted by molar-refractivity contribution is -0.137. The summed E-state index contributed by atoms with van der Waals surface area (Å²) in [5.41, 5.74) is 1.02. The first-order valence-electron chi connectivity index (χ1n) is 12.1. The van der Waals surface area contributed by atoms with Gasteiger partial charge in [0.15, 0.2) is 5.13 Å². The van der Waals surface area contributed by atoms with E-state index in [1.165, 1.54) is 35.7 Å². The van der Waals surface area contributed by atoms with Crippen LogP contribution in [0.4, 0.5) is 18.3 Å². The predicted octanol–water partition coefficient (Wildman–Crippen LogP) is 6.12. The molecule has 1 saturated heterocycles. The molecule has 0 amide bonds. The van der Waals surface area contributed by atoms with Gasteiger partial charge in [-0.3, -0.25) is 4.72 Å². The van der Waals surface area contributed by atoms with Crippen molar-refractivity contribution in [3.8, 4) is 5.75 Å². The Morgan fingerprint density at radius 3 is 2.49 bits per heavy atom. The van der Waals surface area contributed by atoms with Gasteiger partial charge >= 0.3 is 6.18 Å². The van der Waals surface area contributed by atoms with E-state index in [1.807, 2.05) is 13.8 Å². The van der Waals surface area contributed by atoms with E-state index >= 15 is 0 Å². The molecule has 3 aromatic rings. The van der Waals surface area contributed by atoms with Gasteiger partial charge in [-0.25, -0.2) is 13.4 Å². The molecule has 5 rings (SSSR count). The minimum Gasteiger partial charge on any atom is -0.487 e. The Morgan fingerprint density at radius 2 is 1.81 bits per heavy atom. The molecule has 1 atom stereocenters. The minimum atomic E-state index is -4.43. The summed E-state index contributed by atoms with van der Waals surface area (Å²) in [6.07, 6.45) is -0.857. The van der Waals surface area contributed by atoms with E-state index in [2.05, 4.69) is 15.0 Å². The number of sulfonamides is 1. The van der Waals surface area contributed by atoms with Crippen molar-refractivity contribution in [2.75, 3.05) is 17.8 Å². The van der Waals surface area contributed by atoms with Crippen molar-refractivity contribution < 1.29 is 26.3 Å². The highest BCUT2D eigenvalue weighted by molar-refractivity contribution is 7.93. The Kier molecular flexibility index (Phi) is 6.74. The van der Waals surface area contributed by atoms with Crippen molar-refractivity contribution in [2.45, 2.75) is 61.6 Å². The average molecular weight is 552 g/mol.